The van der Waals surface area contributed by atoms with Gasteiger partial charge in [0.1, 0.15) is 0 Å². The van der Waals surface area contributed by atoms with Crippen molar-refractivity contribution in [1.29, 1.82) is 0 Å². The zero-order valence-corrected chi connectivity index (χ0v) is 12.2. The number of allylic oxidation sites excluding steroid dienone is 2. The first kappa shape index (κ1) is 17.6. The lowest BCUT2D eigenvalue weighted by atomic mass is 10.1. The summed E-state index contributed by atoms with van der Waals surface area (Å²) in [6, 6.07) is 0. The molecule has 0 aromatic rings. The van der Waals surface area contributed by atoms with E-state index in [4.69, 9.17) is 9.47 Å². The Bertz CT molecular complexity index is 251. The Labute approximate surface area is 118 Å². The van der Waals surface area contributed by atoms with Crippen LogP contribution in [0.1, 0.15) is 57.8 Å². The molecular formula is C17H28O2. The molecule has 0 amide bonds. The van der Waals surface area contributed by atoms with Crippen LogP contribution < -0.4 is 0 Å². The summed E-state index contributed by atoms with van der Waals surface area (Å²) in [4.78, 5) is 0. The number of rotatable bonds is 14. The predicted molar refractivity (Wildman–Crippen MR) is 82.4 cm³/mol. The molecule has 2 heteroatoms. The molecule has 0 unspecified atom stereocenters. The maximum absolute atomic E-state index is 5.09. The molecule has 0 heterocycles. The van der Waals surface area contributed by atoms with Gasteiger partial charge in [-0.3, -0.25) is 0 Å². The van der Waals surface area contributed by atoms with Gasteiger partial charge < -0.3 is 9.47 Å². The molecule has 0 fully saturated rings. The highest BCUT2D eigenvalue weighted by molar-refractivity contribution is 4.85. The monoisotopic (exact) mass is 264 g/mol. The minimum atomic E-state index is 0.815. The third kappa shape index (κ3) is 12.8. The third-order valence-electron chi connectivity index (χ3n) is 2.91. The molecule has 0 bridgehead atoms. The van der Waals surface area contributed by atoms with Gasteiger partial charge in [-0.15, -0.1) is 0 Å². The average Bonchev–Trinajstić information content (AvgIpc) is 2.37. The van der Waals surface area contributed by atoms with Gasteiger partial charge in [0.2, 0.25) is 0 Å². The number of ether oxygens (including phenoxy) is 2. The van der Waals surface area contributed by atoms with E-state index in [-0.39, 0.29) is 0 Å². The van der Waals surface area contributed by atoms with E-state index in [1.54, 1.807) is 0 Å². The number of hydrogen-bond acceptors (Lipinski definition) is 2. The second-order valence-corrected chi connectivity index (χ2v) is 4.62. The number of unbranched alkanes of at least 4 members (excludes halogenated alkanes) is 6. The summed E-state index contributed by atoms with van der Waals surface area (Å²) < 4.78 is 10.2. The van der Waals surface area contributed by atoms with Gasteiger partial charge in [0.05, 0.1) is 24.0 Å². The van der Waals surface area contributed by atoms with Gasteiger partial charge in [-0.05, 0) is 12.8 Å². The SMILES string of the molecule is C=COC(=C)CCCCCCCCCC(=C)OC=C. The maximum atomic E-state index is 5.09. The van der Waals surface area contributed by atoms with E-state index in [9.17, 15) is 0 Å². The normalized spacial score (nSPS) is 9.68. The van der Waals surface area contributed by atoms with Crippen LogP contribution in [0, 0.1) is 0 Å². The van der Waals surface area contributed by atoms with Crippen LogP contribution in [-0.4, -0.2) is 0 Å². The smallest absolute Gasteiger partial charge is 0.0960 e. The lowest BCUT2D eigenvalue weighted by Crippen LogP contribution is -1.86. The van der Waals surface area contributed by atoms with Crippen molar-refractivity contribution in [2.45, 2.75) is 57.8 Å². The average molecular weight is 264 g/mol. The Balaban J connectivity index is 3.19. The largest absolute Gasteiger partial charge is 0.471 e. The van der Waals surface area contributed by atoms with Crippen molar-refractivity contribution < 1.29 is 9.47 Å². The van der Waals surface area contributed by atoms with Gasteiger partial charge >= 0.3 is 0 Å². The fourth-order valence-corrected chi connectivity index (χ4v) is 1.88. The molecule has 0 aliphatic heterocycles. The van der Waals surface area contributed by atoms with Crippen molar-refractivity contribution in [3.8, 4) is 0 Å². The minimum absolute atomic E-state index is 0.815. The Morgan fingerprint density at radius 1 is 0.632 bits per heavy atom. The first-order valence-electron chi connectivity index (χ1n) is 7.11. The standard InChI is InChI=1S/C17H28O2/c1-5-18-16(3)14-12-10-8-7-9-11-13-15-17(4)19-6-2/h5-6H,1-4,7-15H2. The molecule has 0 aliphatic rings. The zero-order chi connectivity index (χ0) is 14.3. The Kier molecular flexibility index (Phi) is 12.0. The van der Waals surface area contributed by atoms with E-state index in [0.717, 1.165) is 37.2 Å². The van der Waals surface area contributed by atoms with Crippen LogP contribution >= 0.6 is 0 Å². The summed E-state index contributed by atoms with van der Waals surface area (Å²) in [7, 11) is 0. The van der Waals surface area contributed by atoms with Gasteiger partial charge in [-0.2, -0.15) is 0 Å². The van der Waals surface area contributed by atoms with Crippen molar-refractivity contribution in [1.82, 2.24) is 0 Å². The first-order chi connectivity index (χ1) is 9.20. The van der Waals surface area contributed by atoms with Crippen molar-refractivity contribution in [3.05, 3.63) is 50.4 Å². The van der Waals surface area contributed by atoms with E-state index in [1.165, 1.54) is 44.6 Å². The van der Waals surface area contributed by atoms with Gasteiger partial charge in [0, 0.05) is 12.8 Å². The van der Waals surface area contributed by atoms with E-state index >= 15 is 0 Å². The van der Waals surface area contributed by atoms with Crippen LogP contribution in [0.4, 0.5) is 0 Å². The first-order valence-corrected chi connectivity index (χ1v) is 7.11. The minimum Gasteiger partial charge on any atom is -0.471 e. The highest BCUT2D eigenvalue weighted by Crippen LogP contribution is 2.14. The molecule has 0 aliphatic carbocycles. The molecule has 0 rings (SSSR count). The zero-order valence-electron chi connectivity index (χ0n) is 12.2. The summed E-state index contributed by atoms with van der Waals surface area (Å²) in [6.45, 7) is 14.6. The molecule has 0 atom stereocenters. The Hall–Kier alpha value is -1.44. The lowest BCUT2D eigenvalue weighted by molar-refractivity contribution is 0.330. The highest BCUT2D eigenvalue weighted by Gasteiger charge is 1.96. The summed E-state index contributed by atoms with van der Waals surface area (Å²) >= 11 is 0. The topological polar surface area (TPSA) is 18.5 Å². The molecule has 0 aromatic heterocycles. The molecule has 0 saturated heterocycles. The molecule has 0 spiro atoms. The van der Waals surface area contributed by atoms with Crippen molar-refractivity contribution in [2.24, 2.45) is 0 Å². The molecular weight excluding hydrogens is 236 g/mol. The van der Waals surface area contributed by atoms with E-state index in [0.29, 0.717) is 0 Å². The fraction of sp³-hybridized carbons (Fsp3) is 0.529. The van der Waals surface area contributed by atoms with Crippen LogP contribution in [0.2, 0.25) is 0 Å². The molecule has 2 nitrogen and oxygen atoms in total. The third-order valence-corrected chi connectivity index (χ3v) is 2.91. The van der Waals surface area contributed by atoms with Crippen LogP contribution in [-0.2, 0) is 9.47 Å². The van der Waals surface area contributed by atoms with Crippen LogP contribution in [0.25, 0.3) is 0 Å². The van der Waals surface area contributed by atoms with E-state index in [2.05, 4.69) is 26.3 Å². The van der Waals surface area contributed by atoms with Gasteiger partial charge in [0.25, 0.3) is 0 Å². The van der Waals surface area contributed by atoms with Gasteiger partial charge in [0.15, 0.2) is 0 Å². The molecule has 0 radical (unpaired) electrons. The summed E-state index contributed by atoms with van der Waals surface area (Å²) in [5, 5.41) is 0. The van der Waals surface area contributed by atoms with Gasteiger partial charge in [-0.1, -0.05) is 58.4 Å². The molecule has 0 N–H and O–H groups in total. The van der Waals surface area contributed by atoms with E-state index < -0.39 is 0 Å². The van der Waals surface area contributed by atoms with Crippen molar-refractivity contribution >= 4 is 0 Å². The lowest BCUT2D eigenvalue weighted by Gasteiger charge is -2.05. The molecule has 0 saturated carbocycles. The molecule has 108 valence electrons. The quantitative estimate of drug-likeness (QED) is 0.289. The second-order valence-electron chi connectivity index (χ2n) is 4.62. The highest BCUT2D eigenvalue weighted by atomic mass is 16.5. The summed E-state index contributed by atoms with van der Waals surface area (Å²) in [5.41, 5.74) is 0. The molecule has 19 heavy (non-hydrogen) atoms. The Morgan fingerprint density at radius 3 is 1.26 bits per heavy atom. The van der Waals surface area contributed by atoms with Crippen molar-refractivity contribution in [3.63, 3.8) is 0 Å². The fourth-order valence-electron chi connectivity index (χ4n) is 1.88. The summed E-state index contributed by atoms with van der Waals surface area (Å²) in [6.07, 6.45) is 13.4. The summed E-state index contributed by atoms with van der Waals surface area (Å²) in [5.74, 6) is 1.63. The Morgan fingerprint density at radius 2 is 0.947 bits per heavy atom. The van der Waals surface area contributed by atoms with Gasteiger partial charge in [-0.25, -0.2) is 0 Å². The van der Waals surface area contributed by atoms with Crippen molar-refractivity contribution in [2.75, 3.05) is 0 Å². The van der Waals surface area contributed by atoms with Crippen LogP contribution in [0.5, 0.6) is 0 Å². The van der Waals surface area contributed by atoms with Crippen LogP contribution in [0.15, 0.2) is 50.4 Å². The number of hydrogen-bond donors (Lipinski definition) is 0. The maximum Gasteiger partial charge on any atom is 0.0960 e. The van der Waals surface area contributed by atoms with E-state index in [1.807, 2.05) is 0 Å². The predicted octanol–water partition coefficient (Wildman–Crippen LogP) is 5.84. The second kappa shape index (κ2) is 13.0. The van der Waals surface area contributed by atoms with Crippen LogP contribution in [0.3, 0.4) is 0 Å². The molecule has 0 aromatic carbocycles.